The summed E-state index contributed by atoms with van der Waals surface area (Å²) in [6.07, 6.45) is 1.94. The predicted octanol–water partition coefficient (Wildman–Crippen LogP) is 3.51. The largest absolute Gasteiger partial charge is 0.398 e. The zero-order valence-electron chi connectivity index (χ0n) is 11.4. The van der Waals surface area contributed by atoms with E-state index in [4.69, 9.17) is 10.7 Å². The number of hydrogen-bond donors (Lipinski definition) is 1. The Hall–Kier alpha value is -2.29. The summed E-state index contributed by atoms with van der Waals surface area (Å²) in [5.41, 5.74) is 12.4. The van der Waals surface area contributed by atoms with E-state index in [-0.39, 0.29) is 0 Å². The molecule has 0 radical (unpaired) electrons. The summed E-state index contributed by atoms with van der Waals surface area (Å²) < 4.78 is 2.08. The van der Waals surface area contributed by atoms with Gasteiger partial charge in [0.2, 0.25) is 0 Å². The standard InChI is InChI=1S/C16H17N3/c1-10-4-5-11(2)14(8-10)16-18-12(3)15-7-6-13(17)9-19(15)16/h4-9H,17H2,1-3H3. The third-order valence-electron chi connectivity index (χ3n) is 3.48. The Labute approximate surface area is 112 Å². The van der Waals surface area contributed by atoms with Gasteiger partial charge in [-0.2, -0.15) is 0 Å². The van der Waals surface area contributed by atoms with Gasteiger partial charge >= 0.3 is 0 Å². The van der Waals surface area contributed by atoms with Gasteiger partial charge in [-0.25, -0.2) is 4.98 Å². The van der Waals surface area contributed by atoms with Gasteiger partial charge < -0.3 is 5.73 Å². The number of fused-ring (bicyclic) bond motifs is 1. The van der Waals surface area contributed by atoms with Gasteiger partial charge in [0.05, 0.1) is 11.2 Å². The highest BCUT2D eigenvalue weighted by Crippen LogP contribution is 2.27. The Balaban J connectivity index is 2.36. The smallest absolute Gasteiger partial charge is 0.145 e. The van der Waals surface area contributed by atoms with Gasteiger partial charge in [-0.05, 0) is 44.5 Å². The molecule has 3 heteroatoms. The first-order valence-corrected chi connectivity index (χ1v) is 6.38. The van der Waals surface area contributed by atoms with Crippen LogP contribution in [-0.4, -0.2) is 9.38 Å². The maximum absolute atomic E-state index is 5.90. The number of anilines is 1. The van der Waals surface area contributed by atoms with Crippen molar-refractivity contribution in [3.8, 4) is 11.4 Å². The number of hydrogen-bond acceptors (Lipinski definition) is 2. The maximum atomic E-state index is 5.90. The second-order valence-electron chi connectivity index (χ2n) is 5.06. The predicted molar refractivity (Wildman–Crippen MR) is 79.3 cm³/mol. The van der Waals surface area contributed by atoms with E-state index in [1.165, 1.54) is 11.1 Å². The van der Waals surface area contributed by atoms with Crippen molar-refractivity contribution in [3.63, 3.8) is 0 Å². The van der Waals surface area contributed by atoms with Crippen LogP contribution >= 0.6 is 0 Å². The molecule has 96 valence electrons. The van der Waals surface area contributed by atoms with E-state index < -0.39 is 0 Å². The molecule has 0 aliphatic heterocycles. The minimum Gasteiger partial charge on any atom is -0.398 e. The first kappa shape index (κ1) is 11.8. The van der Waals surface area contributed by atoms with Gasteiger partial charge in [0.25, 0.3) is 0 Å². The lowest BCUT2D eigenvalue weighted by atomic mass is 10.1. The summed E-state index contributed by atoms with van der Waals surface area (Å²) >= 11 is 0. The lowest BCUT2D eigenvalue weighted by Crippen LogP contribution is -1.94. The highest BCUT2D eigenvalue weighted by molar-refractivity contribution is 5.69. The molecule has 0 aliphatic carbocycles. The highest BCUT2D eigenvalue weighted by Gasteiger charge is 2.12. The average Bonchev–Trinajstić information content (AvgIpc) is 2.69. The van der Waals surface area contributed by atoms with E-state index in [9.17, 15) is 0 Å². The number of nitrogen functional groups attached to an aromatic ring is 1. The Morgan fingerprint density at radius 1 is 1.05 bits per heavy atom. The van der Waals surface area contributed by atoms with Crippen LogP contribution in [0.1, 0.15) is 16.8 Å². The molecule has 0 atom stereocenters. The van der Waals surface area contributed by atoms with Crippen molar-refractivity contribution < 1.29 is 0 Å². The molecular formula is C16H17N3. The summed E-state index contributed by atoms with van der Waals surface area (Å²) in [4.78, 5) is 4.71. The van der Waals surface area contributed by atoms with Crippen molar-refractivity contribution in [2.45, 2.75) is 20.8 Å². The monoisotopic (exact) mass is 251 g/mol. The molecule has 0 aliphatic rings. The van der Waals surface area contributed by atoms with Crippen molar-refractivity contribution in [1.29, 1.82) is 0 Å². The number of benzene rings is 1. The molecule has 19 heavy (non-hydrogen) atoms. The molecule has 0 amide bonds. The zero-order valence-corrected chi connectivity index (χ0v) is 11.4. The number of pyridine rings is 1. The Bertz CT molecular complexity index is 769. The zero-order chi connectivity index (χ0) is 13.6. The van der Waals surface area contributed by atoms with Gasteiger partial charge in [0.15, 0.2) is 0 Å². The van der Waals surface area contributed by atoms with Crippen LogP contribution in [0.25, 0.3) is 16.9 Å². The van der Waals surface area contributed by atoms with Crippen molar-refractivity contribution in [3.05, 3.63) is 53.3 Å². The Morgan fingerprint density at radius 3 is 2.63 bits per heavy atom. The van der Waals surface area contributed by atoms with Crippen LogP contribution in [0.5, 0.6) is 0 Å². The molecule has 2 aromatic heterocycles. The fourth-order valence-electron chi connectivity index (χ4n) is 2.42. The molecule has 3 rings (SSSR count). The van der Waals surface area contributed by atoms with Crippen molar-refractivity contribution >= 4 is 11.2 Å². The SMILES string of the molecule is Cc1ccc(C)c(-c2nc(C)c3ccc(N)cn23)c1. The number of aryl methyl sites for hydroxylation is 3. The van der Waals surface area contributed by atoms with E-state index in [1.54, 1.807) is 0 Å². The molecule has 0 unspecified atom stereocenters. The topological polar surface area (TPSA) is 43.3 Å². The molecule has 0 saturated carbocycles. The average molecular weight is 251 g/mol. The van der Waals surface area contributed by atoms with E-state index in [0.717, 1.165) is 28.3 Å². The minimum atomic E-state index is 0.747. The second kappa shape index (κ2) is 4.12. The highest BCUT2D eigenvalue weighted by atomic mass is 15.0. The van der Waals surface area contributed by atoms with Crippen molar-refractivity contribution in [2.75, 3.05) is 5.73 Å². The maximum Gasteiger partial charge on any atom is 0.145 e. The van der Waals surface area contributed by atoms with Crippen LogP contribution in [0, 0.1) is 20.8 Å². The van der Waals surface area contributed by atoms with Gasteiger partial charge in [-0.1, -0.05) is 17.7 Å². The molecular weight excluding hydrogens is 234 g/mol. The third kappa shape index (κ3) is 1.87. The molecule has 3 nitrogen and oxygen atoms in total. The fourth-order valence-corrected chi connectivity index (χ4v) is 2.42. The summed E-state index contributed by atoms with van der Waals surface area (Å²) in [6.45, 7) is 6.23. The third-order valence-corrected chi connectivity index (χ3v) is 3.48. The Kier molecular flexibility index (Phi) is 2.56. The number of imidazole rings is 1. The van der Waals surface area contributed by atoms with Crippen LogP contribution < -0.4 is 5.73 Å². The van der Waals surface area contributed by atoms with Crippen LogP contribution in [-0.2, 0) is 0 Å². The van der Waals surface area contributed by atoms with Crippen LogP contribution in [0.4, 0.5) is 5.69 Å². The number of aromatic nitrogens is 2. The summed E-state index contributed by atoms with van der Waals surface area (Å²) in [6, 6.07) is 10.4. The van der Waals surface area contributed by atoms with Crippen molar-refractivity contribution in [2.24, 2.45) is 0 Å². The van der Waals surface area contributed by atoms with Crippen LogP contribution in [0.3, 0.4) is 0 Å². The van der Waals surface area contributed by atoms with Gasteiger partial charge in [-0.15, -0.1) is 0 Å². The van der Waals surface area contributed by atoms with Gasteiger partial charge in [0, 0.05) is 17.4 Å². The molecule has 2 heterocycles. The minimum absolute atomic E-state index is 0.747. The molecule has 0 spiro atoms. The molecule has 3 aromatic rings. The van der Waals surface area contributed by atoms with E-state index in [0.29, 0.717) is 0 Å². The number of rotatable bonds is 1. The molecule has 0 fully saturated rings. The quantitative estimate of drug-likeness (QED) is 0.719. The first-order valence-electron chi connectivity index (χ1n) is 6.38. The van der Waals surface area contributed by atoms with Gasteiger partial charge in [0.1, 0.15) is 5.82 Å². The summed E-state index contributed by atoms with van der Waals surface area (Å²) in [5, 5.41) is 0. The molecule has 0 bridgehead atoms. The number of nitrogens with two attached hydrogens (primary N) is 1. The van der Waals surface area contributed by atoms with Crippen molar-refractivity contribution in [1.82, 2.24) is 9.38 Å². The summed E-state index contributed by atoms with van der Waals surface area (Å²) in [7, 11) is 0. The van der Waals surface area contributed by atoms with E-state index >= 15 is 0 Å². The molecule has 1 aromatic carbocycles. The first-order chi connectivity index (χ1) is 9.06. The lowest BCUT2D eigenvalue weighted by molar-refractivity contribution is 1.15. The van der Waals surface area contributed by atoms with Crippen LogP contribution in [0.15, 0.2) is 36.5 Å². The normalized spacial score (nSPS) is 11.1. The van der Waals surface area contributed by atoms with Gasteiger partial charge in [-0.3, -0.25) is 4.40 Å². The number of nitrogens with zero attached hydrogens (tertiary/aromatic N) is 2. The Morgan fingerprint density at radius 2 is 1.84 bits per heavy atom. The van der Waals surface area contributed by atoms with E-state index in [1.807, 2.05) is 25.3 Å². The second-order valence-corrected chi connectivity index (χ2v) is 5.06. The molecule has 2 N–H and O–H groups in total. The van der Waals surface area contributed by atoms with E-state index in [2.05, 4.69) is 36.4 Å². The summed E-state index contributed by atoms with van der Waals surface area (Å²) in [5.74, 6) is 0.959. The molecule has 0 saturated heterocycles. The van der Waals surface area contributed by atoms with Crippen LogP contribution in [0.2, 0.25) is 0 Å². The lowest BCUT2D eigenvalue weighted by Gasteiger charge is -2.07. The fraction of sp³-hybridized carbons (Fsp3) is 0.188.